The topological polar surface area (TPSA) is 48.3 Å². The Morgan fingerprint density at radius 1 is 1.35 bits per heavy atom. The highest BCUT2D eigenvalue weighted by Crippen LogP contribution is 2.15. The Labute approximate surface area is 140 Å². The number of rotatable bonds is 10. The maximum atomic E-state index is 8.53. The SMILES string of the molecule is CCC(CNCc1cccc(OCCCC#N)c1)N1CCCC1. The Morgan fingerprint density at radius 3 is 2.91 bits per heavy atom. The maximum absolute atomic E-state index is 8.53. The van der Waals surface area contributed by atoms with Crippen LogP contribution >= 0.6 is 0 Å². The van der Waals surface area contributed by atoms with E-state index in [0.29, 0.717) is 19.1 Å². The van der Waals surface area contributed by atoms with Crippen LogP contribution in [0.15, 0.2) is 24.3 Å². The zero-order chi connectivity index (χ0) is 16.3. The Bertz CT molecular complexity index is 492. The van der Waals surface area contributed by atoms with E-state index in [0.717, 1.165) is 25.3 Å². The zero-order valence-electron chi connectivity index (χ0n) is 14.3. The predicted octanol–water partition coefficient (Wildman–Crippen LogP) is 3.33. The minimum absolute atomic E-state index is 0.552. The molecule has 1 saturated heterocycles. The number of nitrogens with one attached hydrogen (secondary N) is 1. The maximum Gasteiger partial charge on any atom is 0.119 e. The molecule has 0 amide bonds. The van der Waals surface area contributed by atoms with Gasteiger partial charge in [-0.1, -0.05) is 19.1 Å². The number of unbranched alkanes of at least 4 members (excludes halogenated alkanes) is 1. The molecular formula is C19H29N3O. The number of nitrogens with zero attached hydrogens (tertiary/aromatic N) is 2. The van der Waals surface area contributed by atoms with Gasteiger partial charge < -0.3 is 10.1 Å². The Balaban J connectivity index is 1.73. The van der Waals surface area contributed by atoms with Gasteiger partial charge in [0.2, 0.25) is 0 Å². The normalized spacial score (nSPS) is 16.2. The first-order chi connectivity index (χ1) is 11.3. The van der Waals surface area contributed by atoms with Crippen LogP contribution in [0.5, 0.6) is 5.75 Å². The molecular weight excluding hydrogens is 286 g/mol. The van der Waals surface area contributed by atoms with E-state index in [2.05, 4.69) is 35.3 Å². The first kappa shape index (κ1) is 17.8. The van der Waals surface area contributed by atoms with Crippen LogP contribution in [0, 0.1) is 11.3 Å². The van der Waals surface area contributed by atoms with Gasteiger partial charge in [-0.2, -0.15) is 5.26 Å². The van der Waals surface area contributed by atoms with Gasteiger partial charge in [-0.25, -0.2) is 0 Å². The molecule has 23 heavy (non-hydrogen) atoms. The molecule has 0 aromatic heterocycles. The molecule has 0 saturated carbocycles. The van der Waals surface area contributed by atoms with Gasteiger partial charge in [0.05, 0.1) is 12.7 Å². The summed E-state index contributed by atoms with van der Waals surface area (Å²) in [4.78, 5) is 2.61. The molecule has 4 heteroatoms. The second kappa shape index (κ2) is 10.3. The van der Waals surface area contributed by atoms with E-state index >= 15 is 0 Å². The average Bonchev–Trinajstić information content (AvgIpc) is 3.10. The van der Waals surface area contributed by atoms with Crippen LogP contribution < -0.4 is 10.1 Å². The van der Waals surface area contributed by atoms with Crippen LogP contribution in [0.3, 0.4) is 0 Å². The van der Waals surface area contributed by atoms with Crippen molar-refractivity contribution >= 4 is 0 Å². The van der Waals surface area contributed by atoms with Crippen LogP contribution in [-0.2, 0) is 6.54 Å². The highest BCUT2D eigenvalue weighted by molar-refractivity contribution is 5.28. The predicted molar refractivity (Wildman–Crippen MR) is 93.4 cm³/mol. The van der Waals surface area contributed by atoms with Crippen molar-refractivity contribution in [3.63, 3.8) is 0 Å². The van der Waals surface area contributed by atoms with E-state index in [4.69, 9.17) is 10.00 Å². The summed E-state index contributed by atoms with van der Waals surface area (Å²) in [5.41, 5.74) is 1.25. The van der Waals surface area contributed by atoms with Crippen molar-refractivity contribution in [3.8, 4) is 11.8 Å². The average molecular weight is 315 g/mol. The van der Waals surface area contributed by atoms with Crippen molar-refractivity contribution in [1.82, 2.24) is 10.2 Å². The highest BCUT2D eigenvalue weighted by atomic mass is 16.5. The van der Waals surface area contributed by atoms with Gasteiger partial charge in [0.15, 0.2) is 0 Å². The zero-order valence-corrected chi connectivity index (χ0v) is 14.3. The van der Waals surface area contributed by atoms with Gasteiger partial charge >= 0.3 is 0 Å². The largest absolute Gasteiger partial charge is 0.494 e. The summed E-state index contributed by atoms with van der Waals surface area (Å²) < 4.78 is 5.69. The second-order valence-electron chi connectivity index (χ2n) is 6.19. The minimum atomic E-state index is 0.552. The lowest BCUT2D eigenvalue weighted by Gasteiger charge is -2.26. The molecule has 1 aliphatic heterocycles. The molecule has 0 radical (unpaired) electrons. The summed E-state index contributed by atoms with van der Waals surface area (Å²) in [6.45, 7) is 7.32. The van der Waals surface area contributed by atoms with Crippen LogP contribution in [-0.4, -0.2) is 37.2 Å². The Kier molecular flexibility index (Phi) is 7.92. The fraction of sp³-hybridized carbons (Fsp3) is 0.632. The molecule has 1 aromatic carbocycles. The van der Waals surface area contributed by atoms with Gasteiger partial charge in [-0.15, -0.1) is 0 Å². The van der Waals surface area contributed by atoms with Crippen LogP contribution in [0.2, 0.25) is 0 Å². The van der Waals surface area contributed by atoms with Gasteiger partial charge in [0.25, 0.3) is 0 Å². The highest BCUT2D eigenvalue weighted by Gasteiger charge is 2.19. The third kappa shape index (κ3) is 6.21. The molecule has 0 aliphatic carbocycles. The van der Waals surface area contributed by atoms with E-state index in [9.17, 15) is 0 Å². The number of likely N-dealkylation sites (tertiary alicyclic amines) is 1. The van der Waals surface area contributed by atoms with Crippen molar-refractivity contribution in [2.45, 2.75) is 51.6 Å². The van der Waals surface area contributed by atoms with E-state index < -0.39 is 0 Å². The fourth-order valence-electron chi connectivity index (χ4n) is 3.11. The van der Waals surface area contributed by atoms with Crippen LogP contribution in [0.4, 0.5) is 0 Å². The molecule has 0 bridgehead atoms. The number of hydrogen-bond acceptors (Lipinski definition) is 4. The summed E-state index contributed by atoms with van der Waals surface area (Å²) in [5.74, 6) is 0.897. The van der Waals surface area contributed by atoms with Crippen molar-refractivity contribution in [1.29, 1.82) is 5.26 Å². The Hall–Kier alpha value is -1.57. The fourth-order valence-corrected chi connectivity index (χ4v) is 3.11. The lowest BCUT2D eigenvalue weighted by atomic mass is 10.1. The monoisotopic (exact) mass is 315 g/mol. The number of nitriles is 1. The van der Waals surface area contributed by atoms with E-state index in [1.807, 2.05) is 12.1 Å². The molecule has 0 spiro atoms. The summed E-state index contributed by atoms with van der Waals surface area (Å²) >= 11 is 0. The molecule has 1 fully saturated rings. The standard InChI is InChI=1S/C19H29N3O/c1-2-18(22-11-4-5-12-22)16-21-15-17-8-7-9-19(14-17)23-13-6-3-10-20/h7-9,14,18,21H,2-6,11-13,15-16H2,1H3. The van der Waals surface area contributed by atoms with Crippen LogP contribution in [0.1, 0.15) is 44.6 Å². The molecule has 1 N–H and O–H groups in total. The number of hydrogen-bond donors (Lipinski definition) is 1. The quantitative estimate of drug-likeness (QED) is 0.673. The van der Waals surface area contributed by atoms with E-state index in [1.54, 1.807) is 0 Å². The minimum Gasteiger partial charge on any atom is -0.494 e. The summed E-state index contributed by atoms with van der Waals surface area (Å²) in [7, 11) is 0. The number of ether oxygens (including phenoxy) is 1. The van der Waals surface area contributed by atoms with Crippen molar-refractivity contribution in [2.75, 3.05) is 26.2 Å². The van der Waals surface area contributed by atoms with Gasteiger partial charge in [-0.05, 0) is 56.5 Å². The third-order valence-electron chi connectivity index (χ3n) is 4.44. The second-order valence-corrected chi connectivity index (χ2v) is 6.19. The molecule has 2 rings (SSSR count). The van der Waals surface area contributed by atoms with Gasteiger partial charge in [0.1, 0.15) is 5.75 Å². The summed E-state index contributed by atoms with van der Waals surface area (Å²) in [6, 6.07) is 11.0. The van der Waals surface area contributed by atoms with Gasteiger partial charge in [0, 0.05) is 25.6 Å². The van der Waals surface area contributed by atoms with Gasteiger partial charge in [-0.3, -0.25) is 4.90 Å². The van der Waals surface area contributed by atoms with E-state index in [1.165, 1.54) is 37.9 Å². The van der Waals surface area contributed by atoms with Crippen molar-refractivity contribution < 1.29 is 4.74 Å². The summed E-state index contributed by atoms with van der Waals surface area (Å²) in [5, 5.41) is 12.1. The molecule has 1 aromatic rings. The van der Waals surface area contributed by atoms with Crippen molar-refractivity contribution in [2.24, 2.45) is 0 Å². The first-order valence-electron chi connectivity index (χ1n) is 8.87. The van der Waals surface area contributed by atoms with E-state index in [-0.39, 0.29) is 0 Å². The molecule has 1 atom stereocenters. The van der Waals surface area contributed by atoms with Crippen LogP contribution in [0.25, 0.3) is 0 Å². The molecule has 1 aliphatic rings. The molecule has 1 heterocycles. The molecule has 4 nitrogen and oxygen atoms in total. The number of benzene rings is 1. The Morgan fingerprint density at radius 2 is 2.17 bits per heavy atom. The smallest absolute Gasteiger partial charge is 0.119 e. The third-order valence-corrected chi connectivity index (χ3v) is 4.44. The summed E-state index contributed by atoms with van der Waals surface area (Å²) in [6.07, 6.45) is 5.24. The lowest BCUT2D eigenvalue weighted by molar-refractivity contribution is 0.229. The lowest BCUT2D eigenvalue weighted by Crippen LogP contribution is -2.40. The van der Waals surface area contributed by atoms with Crippen molar-refractivity contribution in [3.05, 3.63) is 29.8 Å². The molecule has 126 valence electrons. The molecule has 1 unspecified atom stereocenters. The first-order valence-corrected chi connectivity index (χ1v) is 8.87.